The second-order valence-electron chi connectivity index (χ2n) is 7.14. The van der Waals surface area contributed by atoms with Gasteiger partial charge in [-0.25, -0.2) is 3.89 Å². The largest absolute Gasteiger partial charge is 0.463 e. The maximum absolute atomic E-state index is 12.6. The molecular weight excluding hydrogens is 370 g/mol. The number of nitrogens with zero attached hydrogens (tertiary/aromatic N) is 1. The highest BCUT2D eigenvalue weighted by Crippen LogP contribution is 2.25. The average molecular weight is 407 g/mol. The summed E-state index contributed by atoms with van der Waals surface area (Å²) in [7, 11) is 0. The van der Waals surface area contributed by atoms with Gasteiger partial charge in [-0.1, -0.05) is 19.8 Å². The van der Waals surface area contributed by atoms with Crippen LogP contribution in [0.4, 0.5) is 0 Å². The minimum atomic E-state index is -0.831. The third-order valence-electron chi connectivity index (χ3n) is 3.99. The van der Waals surface area contributed by atoms with Crippen molar-refractivity contribution in [3.05, 3.63) is 0 Å². The topological polar surface area (TPSA) is 52.6 Å². The first-order valence-electron chi connectivity index (χ1n) is 9.61. The molecule has 0 aromatic heterocycles. The van der Waals surface area contributed by atoms with Crippen molar-refractivity contribution in [2.75, 3.05) is 13.1 Å². The van der Waals surface area contributed by atoms with Crippen LogP contribution in [0.3, 0.4) is 0 Å². The number of thiol groups is 1. The van der Waals surface area contributed by atoms with Crippen molar-refractivity contribution >= 4 is 42.0 Å². The summed E-state index contributed by atoms with van der Waals surface area (Å²) in [4.78, 5) is 25.2. The number of hydrogen-bond donors (Lipinski definition) is 1. The highest BCUT2D eigenvalue weighted by Gasteiger charge is 2.41. The van der Waals surface area contributed by atoms with Gasteiger partial charge < -0.3 is 9.47 Å². The van der Waals surface area contributed by atoms with Crippen molar-refractivity contribution in [3.8, 4) is 0 Å². The van der Waals surface area contributed by atoms with Gasteiger partial charge in [0.25, 0.3) is 0 Å². The molecule has 0 aromatic rings. The van der Waals surface area contributed by atoms with E-state index >= 15 is 0 Å². The minimum Gasteiger partial charge on any atom is -0.463 e. The molecule has 0 rings (SSSR count). The first-order valence-corrected chi connectivity index (χ1v) is 10.4. The molecule has 0 fully saturated rings. The van der Waals surface area contributed by atoms with E-state index in [2.05, 4.69) is 6.92 Å². The fourth-order valence-corrected chi connectivity index (χ4v) is 3.26. The Morgan fingerprint density at radius 3 is 2.04 bits per heavy atom. The van der Waals surface area contributed by atoms with Crippen LogP contribution in [0.5, 0.6) is 0 Å². The van der Waals surface area contributed by atoms with Crippen molar-refractivity contribution in [2.45, 2.75) is 85.9 Å². The van der Waals surface area contributed by atoms with Crippen molar-refractivity contribution in [1.82, 2.24) is 0 Å². The van der Waals surface area contributed by atoms with Crippen molar-refractivity contribution in [3.63, 3.8) is 0 Å². The Labute approximate surface area is 169 Å². The summed E-state index contributed by atoms with van der Waals surface area (Å²) in [5.41, 5.74) is 0. The van der Waals surface area contributed by atoms with Crippen LogP contribution in [0.1, 0.15) is 73.6 Å². The van der Waals surface area contributed by atoms with Gasteiger partial charge in [0.05, 0.1) is 44.5 Å². The van der Waals surface area contributed by atoms with Crippen LogP contribution in [0.2, 0.25) is 0 Å². The van der Waals surface area contributed by atoms with E-state index in [-0.39, 0.29) is 22.5 Å². The molecule has 0 radical (unpaired) electrons. The van der Waals surface area contributed by atoms with Gasteiger partial charge in [0, 0.05) is 0 Å². The summed E-state index contributed by atoms with van der Waals surface area (Å²) >= 11 is 10.4. The molecule has 0 aliphatic rings. The van der Waals surface area contributed by atoms with E-state index in [9.17, 15) is 9.59 Å². The van der Waals surface area contributed by atoms with Gasteiger partial charge in [-0.05, 0) is 59.7 Å². The predicted molar refractivity (Wildman–Crippen MR) is 112 cm³/mol. The minimum absolute atomic E-state index is 0.113. The smallest absolute Gasteiger partial charge is 0.320 e. The lowest BCUT2D eigenvalue weighted by Crippen LogP contribution is -2.50. The molecule has 7 heteroatoms. The summed E-state index contributed by atoms with van der Waals surface area (Å²) in [5.74, 6) is -1.76. The molecule has 2 atom stereocenters. The van der Waals surface area contributed by atoms with Gasteiger partial charge in [-0.3, -0.25) is 9.59 Å². The highest BCUT2D eigenvalue weighted by atomic mass is 32.1. The van der Waals surface area contributed by atoms with E-state index in [1.807, 2.05) is 6.92 Å². The molecule has 152 valence electrons. The summed E-state index contributed by atoms with van der Waals surface area (Å²) in [6.07, 6.45) is 3.73. The standard InChI is InChI=1S/C19H36NO4S2/c1-7-9-10-11-12-20(26,8-2)18(25)16(19(22)24-15(5)6)13-17(21)23-14(3)4/h14-16,26H,7-13H2,1-6H3/q+1. The second-order valence-corrected chi connectivity index (χ2v) is 8.33. The van der Waals surface area contributed by atoms with E-state index < -0.39 is 17.9 Å². The number of quaternary nitrogens is 1. The van der Waals surface area contributed by atoms with Crippen LogP contribution in [0, 0.1) is 5.92 Å². The van der Waals surface area contributed by atoms with Crippen LogP contribution < -0.4 is 0 Å². The molecule has 0 bridgehead atoms. The zero-order valence-electron chi connectivity index (χ0n) is 17.1. The molecular formula is C19H36NO4S2+. The summed E-state index contributed by atoms with van der Waals surface area (Å²) in [6.45, 7) is 12.6. The Hall–Kier alpha value is -0.660. The Morgan fingerprint density at radius 2 is 1.58 bits per heavy atom. The number of ether oxygens (including phenoxy) is 2. The molecule has 0 saturated carbocycles. The zero-order chi connectivity index (χ0) is 20.3. The summed E-state index contributed by atoms with van der Waals surface area (Å²) < 4.78 is 10.7. The Kier molecular flexibility index (Phi) is 12.4. The lowest BCUT2D eigenvalue weighted by molar-refractivity contribution is -0.692. The SMILES string of the molecule is CCCCCC[N+](S)(CC)C(=S)C(CC(=O)OC(C)C)C(=O)OC(C)C. The number of esters is 2. The van der Waals surface area contributed by atoms with Gasteiger partial charge in [-0.2, -0.15) is 0 Å². The summed E-state index contributed by atoms with van der Waals surface area (Å²) in [6, 6.07) is 0. The number of hydrogen-bond acceptors (Lipinski definition) is 6. The molecule has 0 N–H and O–H groups in total. The first kappa shape index (κ1) is 25.3. The van der Waals surface area contributed by atoms with Crippen LogP contribution in [0.15, 0.2) is 0 Å². The van der Waals surface area contributed by atoms with Crippen LogP contribution in [-0.2, 0) is 19.1 Å². The van der Waals surface area contributed by atoms with E-state index in [0.29, 0.717) is 11.5 Å². The number of rotatable bonds is 12. The normalized spacial score (nSPS) is 14.8. The first-order chi connectivity index (χ1) is 12.1. The lowest BCUT2D eigenvalue weighted by Gasteiger charge is -2.33. The molecule has 0 aliphatic carbocycles. The Balaban J connectivity index is 5.30. The van der Waals surface area contributed by atoms with Crippen molar-refractivity contribution in [1.29, 1.82) is 0 Å². The molecule has 0 amide bonds. The molecule has 26 heavy (non-hydrogen) atoms. The van der Waals surface area contributed by atoms with Gasteiger partial charge in [0.15, 0.2) is 5.92 Å². The monoisotopic (exact) mass is 406 g/mol. The van der Waals surface area contributed by atoms with Crippen LogP contribution in [-0.4, -0.2) is 46.1 Å². The van der Waals surface area contributed by atoms with Gasteiger partial charge in [0.2, 0.25) is 4.99 Å². The lowest BCUT2D eigenvalue weighted by atomic mass is 10.0. The number of carbonyl (C=O) groups is 2. The molecule has 0 saturated heterocycles. The van der Waals surface area contributed by atoms with Crippen LogP contribution >= 0.6 is 25.0 Å². The highest BCUT2D eigenvalue weighted by molar-refractivity contribution is 7.82. The molecule has 0 aliphatic heterocycles. The Bertz CT molecular complexity index is 468. The fraction of sp³-hybridized carbons (Fsp3) is 0.842. The van der Waals surface area contributed by atoms with Gasteiger partial charge in [-0.15, -0.1) is 0 Å². The number of thiocarbonyl (C=S) groups is 1. The average Bonchev–Trinajstić information content (AvgIpc) is 2.54. The molecule has 5 nitrogen and oxygen atoms in total. The molecule has 0 spiro atoms. The van der Waals surface area contributed by atoms with Gasteiger partial charge in [0.1, 0.15) is 0 Å². The van der Waals surface area contributed by atoms with Gasteiger partial charge >= 0.3 is 11.9 Å². The van der Waals surface area contributed by atoms with E-state index in [4.69, 9.17) is 34.5 Å². The zero-order valence-corrected chi connectivity index (χ0v) is 18.8. The number of carbonyl (C=O) groups excluding carboxylic acids is 2. The quantitative estimate of drug-likeness (QED) is 0.170. The van der Waals surface area contributed by atoms with Crippen molar-refractivity contribution in [2.24, 2.45) is 5.92 Å². The van der Waals surface area contributed by atoms with E-state index in [1.165, 1.54) is 0 Å². The molecule has 2 unspecified atom stereocenters. The maximum Gasteiger partial charge on any atom is 0.320 e. The van der Waals surface area contributed by atoms with Crippen molar-refractivity contribution < 1.29 is 23.0 Å². The third kappa shape index (κ3) is 9.33. The molecule has 0 aromatic carbocycles. The maximum atomic E-state index is 12.6. The predicted octanol–water partition coefficient (Wildman–Crippen LogP) is 4.49. The third-order valence-corrected chi connectivity index (χ3v) is 5.45. The van der Waals surface area contributed by atoms with Crippen LogP contribution in [0.25, 0.3) is 0 Å². The number of unbranched alkanes of at least 4 members (excludes halogenated alkanes) is 3. The molecule has 0 heterocycles. The fourth-order valence-electron chi connectivity index (χ4n) is 2.58. The Morgan fingerprint density at radius 1 is 1.00 bits per heavy atom. The second kappa shape index (κ2) is 12.7. The summed E-state index contributed by atoms with van der Waals surface area (Å²) in [5, 5.41) is 0. The van der Waals surface area contributed by atoms with E-state index in [1.54, 1.807) is 27.7 Å². The van der Waals surface area contributed by atoms with E-state index in [0.717, 1.165) is 32.2 Å².